The van der Waals surface area contributed by atoms with E-state index >= 15 is 0 Å². The number of pyridine rings is 1. The van der Waals surface area contributed by atoms with Crippen LogP contribution >= 0.6 is 0 Å². The van der Waals surface area contributed by atoms with E-state index < -0.39 is 42.5 Å². The first-order valence-electron chi connectivity index (χ1n) is 6.15. The number of aryl methyl sites for hydroxylation is 1. The second-order valence-electron chi connectivity index (χ2n) is 4.67. The molecular formula is C14H13NO6S. The fourth-order valence-corrected chi connectivity index (χ4v) is 3.65. The molecular weight excluding hydrogens is 310 g/mol. The standard InChI is InChI=1S/C14H13NO6S/c1-8-7-10(16)12(13(17)15(8)2)22(20,21)11-6-4-3-5-9(11)14(18)19/h3-7,16H,1-2H3,(H,18,19). The number of aromatic nitrogens is 1. The van der Waals surface area contributed by atoms with Crippen molar-refractivity contribution in [3.8, 4) is 5.75 Å². The summed E-state index contributed by atoms with van der Waals surface area (Å²) in [4.78, 5) is 22.0. The molecule has 0 aliphatic heterocycles. The largest absolute Gasteiger partial charge is 0.506 e. The summed E-state index contributed by atoms with van der Waals surface area (Å²) in [5.74, 6) is -2.15. The molecule has 2 N–H and O–H groups in total. The summed E-state index contributed by atoms with van der Waals surface area (Å²) >= 11 is 0. The molecule has 0 saturated heterocycles. The molecule has 2 rings (SSSR count). The molecule has 2 aromatic rings. The molecule has 1 aromatic carbocycles. The fraction of sp³-hybridized carbons (Fsp3) is 0.143. The van der Waals surface area contributed by atoms with Crippen LogP contribution in [0.5, 0.6) is 5.75 Å². The number of aromatic hydroxyl groups is 1. The molecule has 0 spiro atoms. The Morgan fingerprint density at radius 3 is 2.41 bits per heavy atom. The van der Waals surface area contributed by atoms with Crippen molar-refractivity contribution in [2.75, 3.05) is 0 Å². The highest BCUT2D eigenvalue weighted by Crippen LogP contribution is 2.28. The predicted molar refractivity (Wildman–Crippen MR) is 76.9 cm³/mol. The zero-order valence-corrected chi connectivity index (χ0v) is 12.6. The molecule has 7 nitrogen and oxygen atoms in total. The first kappa shape index (κ1) is 15.8. The first-order chi connectivity index (χ1) is 10.2. The number of carbonyl (C=O) groups is 1. The molecule has 0 fully saturated rings. The SMILES string of the molecule is Cc1cc(O)c(S(=O)(=O)c2ccccc2C(=O)O)c(=O)n1C. The van der Waals surface area contributed by atoms with Crippen LogP contribution < -0.4 is 5.56 Å². The van der Waals surface area contributed by atoms with Crippen molar-refractivity contribution in [1.29, 1.82) is 0 Å². The first-order valence-corrected chi connectivity index (χ1v) is 7.63. The number of aromatic carboxylic acids is 1. The van der Waals surface area contributed by atoms with Crippen LogP contribution in [0.1, 0.15) is 16.1 Å². The minimum absolute atomic E-state index is 0.368. The Balaban J connectivity index is 2.87. The van der Waals surface area contributed by atoms with Crippen LogP contribution in [0.15, 0.2) is 44.9 Å². The van der Waals surface area contributed by atoms with Crippen LogP contribution in [-0.2, 0) is 16.9 Å². The van der Waals surface area contributed by atoms with Crippen molar-refractivity contribution in [2.24, 2.45) is 7.05 Å². The van der Waals surface area contributed by atoms with E-state index in [2.05, 4.69) is 0 Å². The molecule has 0 unspecified atom stereocenters. The number of hydrogen-bond donors (Lipinski definition) is 2. The molecule has 8 heteroatoms. The second-order valence-corrected chi connectivity index (χ2v) is 6.52. The molecule has 116 valence electrons. The molecule has 0 bridgehead atoms. The zero-order valence-electron chi connectivity index (χ0n) is 11.8. The molecule has 0 saturated carbocycles. The van der Waals surface area contributed by atoms with E-state index in [1.807, 2.05) is 0 Å². The maximum absolute atomic E-state index is 12.6. The Morgan fingerprint density at radius 1 is 1.23 bits per heavy atom. The minimum atomic E-state index is -4.48. The monoisotopic (exact) mass is 323 g/mol. The van der Waals surface area contributed by atoms with Gasteiger partial charge in [-0.3, -0.25) is 4.79 Å². The third-order valence-electron chi connectivity index (χ3n) is 3.28. The van der Waals surface area contributed by atoms with Gasteiger partial charge in [-0.05, 0) is 19.1 Å². The van der Waals surface area contributed by atoms with Crippen LogP contribution in [-0.4, -0.2) is 29.2 Å². The van der Waals surface area contributed by atoms with Crippen molar-refractivity contribution in [3.63, 3.8) is 0 Å². The molecule has 1 aromatic heterocycles. The van der Waals surface area contributed by atoms with Gasteiger partial charge in [0.15, 0.2) is 4.90 Å². The number of benzene rings is 1. The summed E-state index contributed by atoms with van der Waals surface area (Å²) in [5.41, 5.74) is -1.02. The van der Waals surface area contributed by atoms with Crippen molar-refractivity contribution < 1.29 is 23.4 Å². The Kier molecular flexibility index (Phi) is 3.80. The lowest BCUT2D eigenvalue weighted by Gasteiger charge is -2.11. The van der Waals surface area contributed by atoms with Crippen molar-refractivity contribution in [1.82, 2.24) is 4.57 Å². The molecule has 0 atom stereocenters. The average Bonchev–Trinajstić information content (AvgIpc) is 2.44. The predicted octanol–water partition coefficient (Wildman–Crippen LogP) is 0.930. The van der Waals surface area contributed by atoms with Gasteiger partial charge in [0.2, 0.25) is 9.84 Å². The molecule has 22 heavy (non-hydrogen) atoms. The van der Waals surface area contributed by atoms with Crippen LogP contribution in [0.2, 0.25) is 0 Å². The lowest BCUT2D eigenvalue weighted by Crippen LogP contribution is -2.26. The smallest absolute Gasteiger partial charge is 0.337 e. The van der Waals surface area contributed by atoms with Crippen LogP contribution in [0.4, 0.5) is 0 Å². The summed E-state index contributed by atoms with van der Waals surface area (Å²) < 4.78 is 26.3. The molecule has 0 amide bonds. The van der Waals surface area contributed by atoms with E-state index in [0.717, 1.165) is 22.8 Å². The highest BCUT2D eigenvalue weighted by Gasteiger charge is 2.30. The Bertz CT molecular complexity index is 927. The Morgan fingerprint density at radius 2 is 1.82 bits per heavy atom. The lowest BCUT2D eigenvalue weighted by molar-refractivity contribution is 0.0692. The normalized spacial score (nSPS) is 11.4. The number of sulfone groups is 1. The lowest BCUT2D eigenvalue weighted by atomic mass is 10.2. The number of carboxylic acid groups (broad SMARTS) is 1. The van der Waals surface area contributed by atoms with Gasteiger partial charge in [0.25, 0.3) is 5.56 Å². The number of rotatable bonds is 3. The number of hydrogen-bond acceptors (Lipinski definition) is 5. The van der Waals surface area contributed by atoms with Gasteiger partial charge in [-0.1, -0.05) is 12.1 Å². The molecule has 0 radical (unpaired) electrons. The molecule has 0 aliphatic carbocycles. The van der Waals surface area contributed by atoms with Gasteiger partial charge >= 0.3 is 5.97 Å². The third-order valence-corrected chi connectivity index (χ3v) is 5.14. The summed E-state index contributed by atoms with van der Waals surface area (Å²) in [7, 11) is -3.12. The van der Waals surface area contributed by atoms with E-state index in [-0.39, 0.29) is 0 Å². The minimum Gasteiger partial charge on any atom is -0.506 e. The summed E-state index contributed by atoms with van der Waals surface area (Å²) in [5, 5.41) is 19.0. The number of nitrogens with zero attached hydrogens (tertiary/aromatic N) is 1. The molecule has 1 heterocycles. The van der Waals surface area contributed by atoms with E-state index in [1.165, 1.54) is 26.1 Å². The van der Waals surface area contributed by atoms with Crippen LogP contribution in [0, 0.1) is 6.92 Å². The Hall–Kier alpha value is -2.61. The molecule has 0 aliphatic rings. The van der Waals surface area contributed by atoms with Gasteiger partial charge in [0.1, 0.15) is 5.75 Å². The van der Waals surface area contributed by atoms with Crippen molar-refractivity contribution >= 4 is 15.8 Å². The number of carboxylic acids is 1. The van der Waals surface area contributed by atoms with Crippen LogP contribution in [0.25, 0.3) is 0 Å². The summed E-state index contributed by atoms with van der Waals surface area (Å²) in [6.07, 6.45) is 0. The van der Waals surface area contributed by atoms with Crippen LogP contribution in [0.3, 0.4) is 0 Å². The maximum atomic E-state index is 12.6. The van der Waals surface area contributed by atoms with Crippen molar-refractivity contribution in [3.05, 3.63) is 51.9 Å². The van der Waals surface area contributed by atoms with Crippen molar-refractivity contribution in [2.45, 2.75) is 16.7 Å². The van der Waals surface area contributed by atoms with Gasteiger partial charge in [-0.2, -0.15) is 0 Å². The zero-order chi connectivity index (χ0) is 16.7. The fourth-order valence-electron chi connectivity index (χ4n) is 2.02. The quantitative estimate of drug-likeness (QED) is 0.868. The average molecular weight is 323 g/mol. The maximum Gasteiger partial charge on any atom is 0.337 e. The summed E-state index contributed by atoms with van der Waals surface area (Å²) in [6.45, 7) is 1.53. The third kappa shape index (κ3) is 2.37. The Labute approximate surface area is 126 Å². The van der Waals surface area contributed by atoms with Gasteiger partial charge in [0.05, 0.1) is 10.5 Å². The summed E-state index contributed by atoms with van der Waals surface area (Å²) in [6, 6.07) is 6.05. The van der Waals surface area contributed by atoms with E-state index in [0.29, 0.717) is 5.69 Å². The van der Waals surface area contributed by atoms with Gasteiger partial charge in [0, 0.05) is 18.8 Å². The topological polar surface area (TPSA) is 114 Å². The van der Waals surface area contributed by atoms with Gasteiger partial charge in [-0.15, -0.1) is 0 Å². The van der Waals surface area contributed by atoms with E-state index in [1.54, 1.807) is 0 Å². The van der Waals surface area contributed by atoms with E-state index in [4.69, 9.17) is 5.11 Å². The van der Waals surface area contributed by atoms with Gasteiger partial charge < -0.3 is 14.8 Å². The second kappa shape index (κ2) is 5.30. The van der Waals surface area contributed by atoms with Gasteiger partial charge in [-0.25, -0.2) is 13.2 Å². The highest BCUT2D eigenvalue weighted by atomic mass is 32.2. The van der Waals surface area contributed by atoms with E-state index in [9.17, 15) is 23.1 Å². The highest BCUT2D eigenvalue weighted by molar-refractivity contribution is 7.91.